The van der Waals surface area contributed by atoms with E-state index in [0.29, 0.717) is 17.1 Å². The third kappa shape index (κ3) is 5.95. The second kappa shape index (κ2) is 9.41. The monoisotopic (exact) mass is 396 g/mol. The van der Waals surface area contributed by atoms with Crippen LogP contribution in [0.3, 0.4) is 0 Å². The second-order valence-electron chi connectivity index (χ2n) is 7.72. The fraction of sp³-hybridized carbons (Fsp3) is 0.333. The van der Waals surface area contributed by atoms with Gasteiger partial charge in [0.25, 0.3) is 0 Å². The molecule has 0 N–H and O–H groups in total. The van der Waals surface area contributed by atoms with E-state index in [4.69, 9.17) is 14.2 Å². The van der Waals surface area contributed by atoms with Crippen LogP contribution < -0.4 is 9.47 Å². The first-order chi connectivity index (χ1) is 13.7. The van der Waals surface area contributed by atoms with E-state index in [1.807, 2.05) is 12.1 Å². The molecule has 2 aromatic carbocycles. The van der Waals surface area contributed by atoms with E-state index < -0.39 is 12.1 Å². The predicted molar refractivity (Wildman–Crippen MR) is 114 cm³/mol. The molecule has 0 bridgehead atoms. The van der Waals surface area contributed by atoms with Crippen molar-refractivity contribution in [3.63, 3.8) is 0 Å². The van der Waals surface area contributed by atoms with Crippen LogP contribution in [0.15, 0.2) is 48.5 Å². The lowest BCUT2D eigenvalue weighted by atomic mass is 9.86. The number of ketones is 1. The van der Waals surface area contributed by atoms with Crippen LogP contribution in [0.2, 0.25) is 0 Å². The first-order valence-electron chi connectivity index (χ1n) is 9.41. The highest BCUT2D eigenvalue weighted by molar-refractivity contribution is 6.01. The summed E-state index contributed by atoms with van der Waals surface area (Å²) in [6.45, 7) is 7.90. The summed E-state index contributed by atoms with van der Waals surface area (Å²) in [7, 11) is 3.10. The van der Waals surface area contributed by atoms with Gasteiger partial charge in [-0.2, -0.15) is 0 Å². The molecule has 0 saturated carbocycles. The average Bonchev–Trinajstić information content (AvgIpc) is 2.70. The topological polar surface area (TPSA) is 61.8 Å². The van der Waals surface area contributed by atoms with Gasteiger partial charge in [0.2, 0.25) is 5.78 Å². The number of benzene rings is 2. The van der Waals surface area contributed by atoms with E-state index in [1.165, 1.54) is 6.08 Å². The first-order valence-corrected chi connectivity index (χ1v) is 9.41. The van der Waals surface area contributed by atoms with Gasteiger partial charge >= 0.3 is 5.97 Å². The molecular formula is C24H28O5. The van der Waals surface area contributed by atoms with Gasteiger partial charge in [-0.15, -0.1) is 0 Å². The Morgan fingerprint density at radius 2 is 1.55 bits per heavy atom. The van der Waals surface area contributed by atoms with Crippen molar-refractivity contribution in [1.29, 1.82) is 0 Å². The first kappa shape index (κ1) is 22.2. The molecule has 0 radical (unpaired) electrons. The Bertz CT molecular complexity index is 888. The number of esters is 1. The van der Waals surface area contributed by atoms with Gasteiger partial charge < -0.3 is 14.2 Å². The number of methoxy groups -OCH3 is 2. The highest BCUT2D eigenvalue weighted by Gasteiger charge is 2.20. The smallest absolute Gasteiger partial charge is 0.331 e. The molecule has 29 heavy (non-hydrogen) atoms. The Morgan fingerprint density at radius 1 is 0.931 bits per heavy atom. The van der Waals surface area contributed by atoms with E-state index in [9.17, 15) is 9.59 Å². The summed E-state index contributed by atoms with van der Waals surface area (Å²) in [5.41, 5.74) is 2.41. The van der Waals surface area contributed by atoms with Gasteiger partial charge in [0.15, 0.2) is 17.6 Å². The number of Topliss-reactive ketones (excluding diaryl/α,β-unsaturated/α-hetero) is 1. The Kier molecular flexibility index (Phi) is 7.21. The summed E-state index contributed by atoms with van der Waals surface area (Å²) in [5.74, 6) is 0.333. The number of carbonyl (C=O) groups excluding carboxylic acids is 2. The van der Waals surface area contributed by atoms with Crippen molar-refractivity contribution in [2.75, 3.05) is 14.2 Å². The van der Waals surface area contributed by atoms with Crippen LogP contribution in [0, 0.1) is 0 Å². The number of carbonyl (C=O) groups is 2. The predicted octanol–water partition coefficient (Wildman–Crippen LogP) is 4.83. The fourth-order valence-electron chi connectivity index (χ4n) is 2.76. The van der Waals surface area contributed by atoms with Crippen molar-refractivity contribution in [1.82, 2.24) is 0 Å². The minimum atomic E-state index is -0.877. The van der Waals surface area contributed by atoms with Gasteiger partial charge in [0, 0.05) is 11.6 Å². The molecule has 2 aromatic rings. The minimum Gasteiger partial charge on any atom is -0.493 e. The summed E-state index contributed by atoms with van der Waals surface area (Å²) in [6.07, 6.45) is 2.01. The molecule has 0 amide bonds. The van der Waals surface area contributed by atoms with Gasteiger partial charge in [0.1, 0.15) is 0 Å². The van der Waals surface area contributed by atoms with Crippen molar-refractivity contribution >= 4 is 17.8 Å². The van der Waals surface area contributed by atoms with Gasteiger partial charge in [-0.3, -0.25) is 4.79 Å². The zero-order valence-electron chi connectivity index (χ0n) is 17.8. The van der Waals surface area contributed by atoms with Gasteiger partial charge in [-0.05, 0) is 41.7 Å². The van der Waals surface area contributed by atoms with Crippen LogP contribution in [0.4, 0.5) is 0 Å². The molecule has 0 fully saturated rings. The Labute approximate surface area is 172 Å². The second-order valence-corrected chi connectivity index (χ2v) is 7.72. The van der Waals surface area contributed by atoms with Gasteiger partial charge in [-0.25, -0.2) is 4.79 Å². The van der Waals surface area contributed by atoms with Crippen LogP contribution in [0.1, 0.15) is 49.2 Å². The standard InChI is InChI=1S/C24H28O5/c1-16(23(26)18-9-11-19(12-10-18)24(2,3)4)29-22(25)14-8-17-7-13-20(27-5)21(15-17)28-6/h7-16H,1-6H3/b14-8+/t16-/m0/s1. The molecular weight excluding hydrogens is 368 g/mol. The molecule has 0 spiro atoms. The van der Waals surface area contributed by atoms with E-state index >= 15 is 0 Å². The molecule has 5 nitrogen and oxygen atoms in total. The van der Waals surface area contributed by atoms with Crippen molar-refractivity contribution in [3.05, 3.63) is 65.2 Å². The highest BCUT2D eigenvalue weighted by Crippen LogP contribution is 2.28. The van der Waals surface area contributed by atoms with Gasteiger partial charge in [0.05, 0.1) is 14.2 Å². The maximum Gasteiger partial charge on any atom is 0.331 e. The zero-order chi connectivity index (χ0) is 21.6. The van der Waals surface area contributed by atoms with Crippen LogP contribution in [0.25, 0.3) is 6.08 Å². The summed E-state index contributed by atoms with van der Waals surface area (Å²) in [5, 5.41) is 0. The molecule has 0 aliphatic heterocycles. The normalized spacial score (nSPS) is 12.5. The lowest BCUT2D eigenvalue weighted by Gasteiger charge is -2.19. The Hall–Kier alpha value is -3.08. The summed E-state index contributed by atoms with van der Waals surface area (Å²) < 4.78 is 15.7. The summed E-state index contributed by atoms with van der Waals surface area (Å²) >= 11 is 0. The molecule has 1 atom stereocenters. The van der Waals surface area contributed by atoms with Crippen LogP contribution >= 0.6 is 0 Å². The molecule has 154 valence electrons. The molecule has 0 unspecified atom stereocenters. The number of ether oxygens (including phenoxy) is 3. The lowest BCUT2D eigenvalue weighted by Crippen LogP contribution is -2.23. The minimum absolute atomic E-state index is 0.00852. The molecule has 0 aliphatic carbocycles. The zero-order valence-corrected chi connectivity index (χ0v) is 17.8. The summed E-state index contributed by atoms with van der Waals surface area (Å²) in [4.78, 5) is 24.6. The van der Waals surface area contributed by atoms with Gasteiger partial charge in [-0.1, -0.05) is 51.1 Å². The fourth-order valence-corrected chi connectivity index (χ4v) is 2.76. The van der Waals surface area contributed by atoms with Crippen molar-refractivity contribution in [3.8, 4) is 11.5 Å². The molecule has 2 rings (SSSR count). The maximum atomic E-state index is 12.5. The number of rotatable bonds is 7. The van der Waals surface area contributed by atoms with Crippen LogP contribution in [-0.4, -0.2) is 32.1 Å². The molecule has 0 heterocycles. The molecule has 0 aliphatic rings. The largest absolute Gasteiger partial charge is 0.493 e. The number of hydrogen-bond acceptors (Lipinski definition) is 5. The van der Waals surface area contributed by atoms with Crippen LogP contribution in [-0.2, 0) is 14.9 Å². The third-order valence-corrected chi connectivity index (χ3v) is 4.52. The Balaban J connectivity index is 2.01. The highest BCUT2D eigenvalue weighted by atomic mass is 16.5. The third-order valence-electron chi connectivity index (χ3n) is 4.52. The SMILES string of the molecule is COc1ccc(/C=C/C(=O)O[C@@H](C)C(=O)c2ccc(C(C)(C)C)cc2)cc1OC. The van der Waals surface area contributed by atoms with Crippen LogP contribution in [0.5, 0.6) is 11.5 Å². The molecule has 0 saturated heterocycles. The Morgan fingerprint density at radius 3 is 2.10 bits per heavy atom. The molecule has 0 aromatic heterocycles. The van der Waals surface area contributed by atoms with Crippen molar-refractivity contribution in [2.45, 2.75) is 39.2 Å². The van der Waals surface area contributed by atoms with E-state index in [1.54, 1.807) is 57.6 Å². The summed E-state index contributed by atoms with van der Waals surface area (Å²) in [6, 6.07) is 12.7. The van der Waals surface area contributed by atoms with E-state index in [-0.39, 0.29) is 11.2 Å². The maximum absolute atomic E-state index is 12.5. The average molecular weight is 396 g/mol. The quantitative estimate of drug-likeness (QED) is 0.381. The molecule has 5 heteroatoms. The number of hydrogen-bond donors (Lipinski definition) is 0. The van der Waals surface area contributed by atoms with E-state index in [2.05, 4.69) is 20.8 Å². The van der Waals surface area contributed by atoms with E-state index in [0.717, 1.165) is 11.1 Å². The van der Waals surface area contributed by atoms with Crippen molar-refractivity contribution in [2.24, 2.45) is 0 Å². The van der Waals surface area contributed by atoms with Crippen molar-refractivity contribution < 1.29 is 23.8 Å². The lowest BCUT2D eigenvalue weighted by molar-refractivity contribution is -0.140.